The van der Waals surface area contributed by atoms with Crippen LogP contribution in [0, 0.1) is 0 Å². The lowest BCUT2D eigenvalue weighted by atomic mass is 9.73. The van der Waals surface area contributed by atoms with Crippen LogP contribution in [0.1, 0.15) is 113 Å². The molecule has 3 saturated heterocycles. The van der Waals surface area contributed by atoms with Crippen LogP contribution in [0.15, 0.2) is 46.5 Å². The van der Waals surface area contributed by atoms with E-state index in [9.17, 15) is 9.59 Å². The standard InChI is InChI=1S/C18H30BNO4.C16H22N4O2.C4H4BrN3/c1-16(2,3)22-15(21)20-13-8-9-14(20)11-12(10-13)19-23-17(4,5)18(6,7)24-19;1-16(2,3)22-15(21)20-11-4-5-12(20)9-10(8-11)13-6-7-14(17)19-18-13;5-3-1-2-4(6)8-7-3/h10,13-14H,8-9,11H2,1-7H3;6-8,11-12H,4-5,9H2,1-3H3,(H2,17,19);1-2H,(H2,6,8). The lowest BCUT2D eigenvalue weighted by Crippen LogP contribution is -2.47. The third kappa shape index (κ3) is 10.1. The van der Waals surface area contributed by atoms with Gasteiger partial charge in [0.1, 0.15) is 27.4 Å². The second-order valence-electron chi connectivity index (χ2n) is 17.4. The molecule has 5 aliphatic rings. The summed E-state index contributed by atoms with van der Waals surface area (Å²) in [6.07, 6.45) is 9.38. The number of ether oxygens (including phenoxy) is 2. The first kappa shape index (κ1) is 41.4. The molecule has 7 heterocycles. The van der Waals surface area contributed by atoms with E-state index in [0.717, 1.165) is 49.8 Å². The number of halogens is 1. The van der Waals surface area contributed by atoms with Crippen LogP contribution in [0.2, 0.25) is 0 Å². The SMILES string of the molecule is CC(C)(C)OC(=O)N1C2C=C(B3OC(C)(C)C(C)(C)O3)CC1CC2.CC(C)(C)OC(=O)N1C2C=C(c3ccc(N)nn3)CC1CC2.Nc1ccc(Br)nn1. The Hall–Kier alpha value is -3.76. The van der Waals surface area contributed by atoms with Crippen molar-refractivity contribution in [1.82, 2.24) is 30.2 Å². The van der Waals surface area contributed by atoms with Crippen molar-refractivity contribution >= 4 is 52.4 Å². The summed E-state index contributed by atoms with van der Waals surface area (Å²) in [5.74, 6) is 0.853. The molecule has 7 rings (SSSR count). The highest BCUT2D eigenvalue weighted by atomic mass is 79.9. The van der Waals surface area contributed by atoms with Gasteiger partial charge < -0.3 is 30.2 Å². The number of nitrogen functional groups attached to an aromatic ring is 2. The molecule has 2 amide bonds. The molecular formula is C38H56BBrN8O6. The molecule has 0 saturated carbocycles. The van der Waals surface area contributed by atoms with Crippen molar-refractivity contribution in [1.29, 1.82) is 0 Å². The number of carbonyl (C=O) groups excluding carboxylic acids is 2. The fourth-order valence-electron chi connectivity index (χ4n) is 7.09. The zero-order valence-electron chi connectivity index (χ0n) is 33.3. The molecule has 4 N–H and O–H groups in total. The molecule has 54 heavy (non-hydrogen) atoms. The molecule has 294 valence electrons. The van der Waals surface area contributed by atoms with Gasteiger partial charge in [0.05, 0.1) is 29.0 Å². The fourth-order valence-corrected chi connectivity index (χ4v) is 7.30. The highest BCUT2D eigenvalue weighted by Gasteiger charge is 2.54. The number of rotatable bonds is 2. The molecule has 16 heteroatoms. The van der Waals surface area contributed by atoms with Gasteiger partial charge in [0.25, 0.3) is 0 Å². The van der Waals surface area contributed by atoms with Crippen LogP contribution in [0.4, 0.5) is 21.2 Å². The van der Waals surface area contributed by atoms with Crippen molar-refractivity contribution in [2.24, 2.45) is 0 Å². The smallest absolute Gasteiger partial charge is 0.444 e. The molecular weight excluding hydrogens is 755 g/mol. The van der Waals surface area contributed by atoms with Gasteiger partial charge in [0, 0.05) is 12.1 Å². The van der Waals surface area contributed by atoms with E-state index in [1.807, 2.05) is 57.4 Å². The van der Waals surface area contributed by atoms with Crippen LogP contribution in [0.25, 0.3) is 5.57 Å². The molecule has 2 aromatic heterocycles. The molecule has 0 aliphatic carbocycles. The summed E-state index contributed by atoms with van der Waals surface area (Å²) in [7, 11) is -0.307. The average Bonchev–Trinajstić information content (AvgIpc) is 3.57. The van der Waals surface area contributed by atoms with Crippen LogP contribution in [-0.4, -0.2) is 96.1 Å². The van der Waals surface area contributed by atoms with Gasteiger partial charge in [0.15, 0.2) is 0 Å². The van der Waals surface area contributed by atoms with Crippen molar-refractivity contribution in [2.75, 3.05) is 11.5 Å². The Morgan fingerprint density at radius 3 is 1.63 bits per heavy atom. The number of hydrogen-bond acceptors (Lipinski definition) is 12. The molecule has 4 unspecified atom stereocenters. The Kier molecular flexibility index (Phi) is 12.1. The molecule has 14 nitrogen and oxygen atoms in total. The summed E-state index contributed by atoms with van der Waals surface area (Å²) in [6.45, 7) is 19.7. The third-order valence-corrected chi connectivity index (χ3v) is 10.7. The van der Waals surface area contributed by atoms with E-state index in [1.54, 1.807) is 18.2 Å². The summed E-state index contributed by atoms with van der Waals surface area (Å²) < 4.78 is 24.2. The molecule has 4 atom stereocenters. The van der Waals surface area contributed by atoms with Crippen molar-refractivity contribution in [3.63, 3.8) is 0 Å². The van der Waals surface area contributed by atoms with Crippen LogP contribution >= 0.6 is 15.9 Å². The molecule has 0 radical (unpaired) electrons. The van der Waals surface area contributed by atoms with Gasteiger partial charge in [-0.2, -0.15) is 0 Å². The van der Waals surface area contributed by atoms with E-state index >= 15 is 0 Å². The number of hydrogen-bond donors (Lipinski definition) is 2. The minimum atomic E-state index is -0.469. The third-order valence-electron chi connectivity index (χ3n) is 10.3. The Labute approximate surface area is 328 Å². The Bertz CT molecular complexity index is 1690. The molecule has 3 fully saturated rings. The van der Waals surface area contributed by atoms with Crippen molar-refractivity contribution in [2.45, 2.75) is 154 Å². The van der Waals surface area contributed by atoms with E-state index in [-0.39, 0.29) is 54.7 Å². The highest BCUT2D eigenvalue weighted by Crippen LogP contribution is 2.43. The van der Waals surface area contributed by atoms with Crippen molar-refractivity contribution in [3.8, 4) is 0 Å². The number of nitrogens with two attached hydrogens (primary N) is 2. The first-order valence-electron chi connectivity index (χ1n) is 18.7. The number of amides is 2. The quantitative estimate of drug-likeness (QED) is 0.293. The van der Waals surface area contributed by atoms with Crippen molar-refractivity contribution in [3.05, 3.63) is 52.2 Å². The number of carbonyl (C=O) groups is 2. The number of anilines is 2. The molecule has 5 aliphatic heterocycles. The fraction of sp³-hybridized carbons (Fsp3) is 0.632. The van der Waals surface area contributed by atoms with E-state index < -0.39 is 11.2 Å². The van der Waals surface area contributed by atoms with E-state index in [0.29, 0.717) is 16.2 Å². The topological polar surface area (TPSA) is 181 Å². The van der Waals surface area contributed by atoms with Crippen LogP contribution < -0.4 is 11.5 Å². The summed E-state index contributed by atoms with van der Waals surface area (Å²) in [4.78, 5) is 28.7. The lowest BCUT2D eigenvalue weighted by molar-refractivity contribution is 0.00578. The van der Waals surface area contributed by atoms with Crippen molar-refractivity contribution < 1.29 is 28.4 Å². The van der Waals surface area contributed by atoms with Gasteiger partial charge in [-0.1, -0.05) is 12.2 Å². The van der Waals surface area contributed by atoms with Gasteiger partial charge in [-0.15, -0.1) is 20.4 Å². The second-order valence-corrected chi connectivity index (χ2v) is 18.2. The minimum absolute atomic E-state index is 0.0861. The Morgan fingerprint density at radius 2 is 1.22 bits per heavy atom. The predicted octanol–water partition coefficient (Wildman–Crippen LogP) is 7.15. The summed E-state index contributed by atoms with van der Waals surface area (Å²) in [5, 5.41) is 15.2. The monoisotopic (exact) mass is 810 g/mol. The van der Waals surface area contributed by atoms with Crippen LogP contribution in [0.5, 0.6) is 0 Å². The minimum Gasteiger partial charge on any atom is -0.444 e. The Balaban J connectivity index is 0.000000173. The van der Waals surface area contributed by atoms with Gasteiger partial charge in [0.2, 0.25) is 0 Å². The molecule has 0 aromatic carbocycles. The number of nitrogens with zero attached hydrogens (tertiary/aromatic N) is 6. The summed E-state index contributed by atoms with van der Waals surface area (Å²) in [6, 6.07) is 7.60. The first-order valence-corrected chi connectivity index (χ1v) is 19.4. The van der Waals surface area contributed by atoms with Gasteiger partial charge >= 0.3 is 19.3 Å². The first-order chi connectivity index (χ1) is 25.0. The maximum Gasteiger partial charge on any atom is 0.490 e. The summed E-state index contributed by atoms with van der Waals surface area (Å²) in [5.41, 5.74) is 12.4. The summed E-state index contributed by atoms with van der Waals surface area (Å²) >= 11 is 3.12. The zero-order valence-corrected chi connectivity index (χ0v) is 34.8. The van der Waals surface area contributed by atoms with Crippen LogP contribution in [-0.2, 0) is 18.8 Å². The van der Waals surface area contributed by atoms with Gasteiger partial charge in [-0.25, -0.2) is 9.59 Å². The van der Waals surface area contributed by atoms with Crippen LogP contribution in [0.3, 0.4) is 0 Å². The highest BCUT2D eigenvalue weighted by molar-refractivity contribution is 9.10. The number of aromatic nitrogens is 4. The van der Waals surface area contributed by atoms with E-state index in [2.05, 4.69) is 76.2 Å². The predicted molar refractivity (Wildman–Crippen MR) is 212 cm³/mol. The average molecular weight is 812 g/mol. The van der Waals surface area contributed by atoms with E-state index in [1.165, 1.54) is 5.47 Å². The maximum atomic E-state index is 12.5. The maximum absolute atomic E-state index is 12.5. The molecule has 0 spiro atoms. The number of fused-ring (bicyclic) bond motifs is 4. The normalized spacial score (nSPS) is 25.1. The zero-order chi connectivity index (χ0) is 39.8. The van der Waals surface area contributed by atoms with Gasteiger partial charge in [-0.05, 0) is 159 Å². The second kappa shape index (κ2) is 15.8. The largest absolute Gasteiger partial charge is 0.490 e. The van der Waals surface area contributed by atoms with Gasteiger partial charge in [-0.3, -0.25) is 9.80 Å². The molecule has 2 aromatic rings. The van der Waals surface area contributed by atoms with E-state index in [4.69, 9.17) is 30.2 Å². The lowest BCUT2D eigenvalue weighted by Gasteiger charge is -2.35. The Morgan fingerprint density at radius 1 is 0.741 bits per heavy atom. The molecule has 4 bridgehead atoms.